The lowest BCUT2D eigenvalue weighted by molar-refractivity contribution is -0.145. The Bertz CT molecular complexity index is 1010. The van der Waals surface area contributed by atoms with E-state index in [-0.39, 0.29) is 18.4 Å². The number of esters is 1. The molecule has 1 amide bonds. The predicted octanol–water partition coefficient (Wildman–Crippen LogP) is 3.44. The monoisotopic (exact) mass is 394 g/mol. The van der Waals surface area contributed by atoms with Crippen LogP contribution in [-0.2, 0) is 9.53 Å². The Morgan fingerprint density at radius 1 is 1.17 bits per heavy atom. The summed E-state index contributed by atoms with van der Waals surface area (Å²) in [5.74, 6) is 0.385. The first-order valence-corrected chi connectivity index (χ1v) is 9.77. The maximum Gasteiger partial charge on any atom is 0.328 e. The van der Waals surface area contributed by atoms with Gasteiger partial charge in [0, 0.05) is 17.4 Å². The summed E-state index contributed by atoms with van der Waals surface area (Å²) in [6, 6.07) is 8.47. The van der Waals surface area contributed by atoms with Crippen molar-refractivity contribution >= 4 is 22.9 Å². The topological polar surface area (TPSA) is 86.1 Å². The Balaban J connectivity index is 1.81. The van der Waals surface area contributed by atoms with E-state index >= 15 is 0 Å². The maximum absolute atomic E-state index is 12.7. The van der Waals surface area contributed by atoms with Gasteiger partial charge in [-0.15, -0.1) is 0 Å². The number of nitrogens with zero attached hydrogens (tertiary/aromatic N) is 3. The van der Waals surface area contributed by atoms with Gasteiger partial charge < -0.3 is 10.1 Å². The van der Waals surface area contributed by atoms with Crippen LogP contribution in [0.2, 0.25) is 0 Å². The summed E-state index contributed by atoms with van der Waals surface area (Å²) in [6.45, 7) is 7.96. The van der Waals surface area contributed by atoms with Crippen LogP contribution in [0.5, 0.6) is 0 Å². The normalized spacial score (nSPS) is 12.2. The van der Waals surface area contributed by atoms with E-state index in [1.807, 2.05) is 43.5 Å². The van der Waals surface area contributed by atoms with E-state index in [4.69, 9.17) is 4.74 Å². The zero-order valence-corrected chi connectivity index (χ0v) is 17.2. The number of rotatable bonds is 7. The van der Waals surface area contributed by atoms with Gasteiger partial charge >= 0.3 is 5.97 Å². The van der Waals surface area contributed by atoms with Crippen molar-refractivity contribution in [3.05, 3.63) is 54.1 Å². The number of amides is 1. The molecule has 3 rings (SSSR count). The number of fused-ring (bicyclic) bond motifs is 1. The van der Waals surface area contributed by atoms with Crippen LogP contribution in [0.3, 0.4) is 0 Å². The van der Waals surface area contributed by atoms with E-state index < -0.39 is 12.0 Å². The molecule has 0 fully saturated rings. The summed E-state index contributed by atoms with van der Waals surface area (Å²) in [6.07, 6.45) is 3.98. The third-order valence-electron chi connectivity index (χ3n) is 4.60. The second kappa shape index (κ2) is 8.86. The summed E-state index contributed by atoms with van der Waals surface area (Å²) in [4.78, 5) is 33.5. The Hall–Kier alpha value is -3.22. The molecule has 29 heavy (non-hydrogen) atoms. The zero-order valence-electron chi connectivity index (χ0n) is 17.2. The van der Waals surface area contributed by atoms with Crippen LogP contribution in [0.25, 0.3) is 16.7 Å². The van der Waals surface area contributed by atoms with Crippen molar-refractivity contribution in [3.63, 3.8) is 0 Å². The van der Waals surface area contributed by atoms with Gasteiger partial charge in [0.2, 0.25) is 0 Å². The van der Waals surface area contributed by atoms with Crippen LogP contribution in [0.15, 0.2) is 42.7 Å². The van der Waals surface area contributed by atoms with Crippen LogP contribution in [-0.4, -0.2) is 39.1 Å². The summed E-state index contributed by atoms with van der Waals surface area (Å²) >= 11 is 0. The molecular formula is C22H26N4O3. The van der Waals surface area contributed by atoms with E-state index in [9.17, 15) is 9.59 Å². The van der Waals surface area contributed by atoms with Gasteiger partial charge in [0.25, 0.3) is 5.91 Å². The van der Waals surface area contributed by atoms with Crippen LogP contribution in [0, 0.1) is 12.8 Å². The van der Waals surface area contributed by atoms with Crippen molar-refractivity contribution in [1.29, 1.82) is 0 Å². The number of hydrogen-bond donors (Lipinski definition) is 1. The molecule has 0 bridgehead atoms. The molecule has 152 valence electrons. The predicted molar refractivity (Wildman–Crippen MR) is 111 cm³/mol. The van der Waals surface area contributed by atoms with E-state index in [0.29, 0.717) is 12.0 Å². The molecule has 0 spiro atoms. The van der Waals surface area contributed by atoms with Gasteiger partial charge in [-0.05, 0) is 56.5 Å². The number of pyridine rings is 1. The average Bonchev–Trinajstić information content (AvgIpc) is 3.03. The van der Waals surface area contributed by atoms with Crippen molar-refractivity contribution in [2.75, 3.05) is 6.61 Å². The van der Waals surface area contributed by atoms with Crippen LogP contribution in [0.1, 0.15) is 43.4 Å². The molecule has 0 aliphatic heterocycles. The lowest BCUT2D eigenvalue weighted by Crippen LogP contribution is -2.42. The minimum Gasteiger partial charge on any atom is -0.464 e. The van der Waals surface area contributed by atoms with Crippen molar-refractivity contribution < 1.29 is 14.3 Å². The molecule has 0 saturated heterocycles. The van der Waals surface area contributed by atoms with Crippen LogP contribution >= 0.6 is 0 Å². The Morgan fingerprint density at radius 3 is 2.55 bits per heavy atom. The fourth-order valence-electron chi connectivity index (χ4n) is 3.31. The number of hydrogen-bond acceptors (Lipinski definition) is 5. The third kappa shape index (κ3) is 4.62. The number of carbonyl (C=O) groups is 2. The molecule has 1 aromatic carbocycles. The second-order valence-electron chi connectivity index (χ2n) is 7.31. The Morgan fingerprint density at radius 2 is 1.90 bits per heavy atom. The van der Waals surface area contributed by atoms with Gasteiger partial charge in [-0.2, -0.15) is 0 Å². The highest BCUT2D eigenvalue weighted by Gasteiger charge is 2.23. The molecule has 2 aromatic heterocycles. The lowest BCUT2D eigenvalue weighted by Gasteiger charge is -2.19. The molecule has 1 atom stereocenters. The van der Waals surface area contributed by atoms with Crippen LogP contribution in [0.4, 0.5) is 0 Å². The molecule has 0 aliphatic carbocycles. The van der Waals surface area contributed by atoms with Gasteiger partial charge in [0.1, 0.15) is 17.4 Å². The van der Waals surface area contributed by atoms with E-state index in [1.54, 1.807) is 31.5 Å². The van der Waals surface area contributed by atoms with Crippen molar-refractivity contribution in [1.82, 2.24) is 19.9 Å². The Kier molecular flexibility index (Phi) is 6.26. The third-order valence-corrected chi connectivity index (χ3v) is 4.60. The van der Waals surface area contributed by atoms with Gasteiger partial charge in [-0.3, -0.25) is 14.3 Å². The largest absolute Gasteiger partial charge is 0.464 e. The molecule has 7 nitrogen and oxygen atoms in total. The number of benzene rings is 1. The van der Waals surface area contributed by atoms with Gasteiger partial charge in [0.15, 0.2) is 0 Å². The summed E-state index contributed by atoms with van der Waals surface area (Å²) < 4.78 is 7.11. The second-order valence-corrected chi connectivity index (χ2v) is 7.31. The first-order chi connectivity index (χ1) is 13.9. The Labute approximate surface area is 170 Å². The molecule has 0 unspecified atom stereocenters. The summed E-state index contributed by atoms with van der Waals surface area (Å²) in [5, 5.41) is 2.80. The average molecular weight is 394 g/mol. The number of aromatic nitrogens is 3. The molecule has 1 N–H and O–H groups in total. The van der Waals surface area contributed by atoms with E-state index in [2.05, 4.69) is 15.3 Å². The highest BCUT2D eigenvalue weighted by molar-refractivity contribution is 5.97. The molecular weight excluding hydrogens is 368 g/mol. The van der Waals surface area contributed by atoms with E-state index in [0.717, 1.165) is 22.5 Å². The maximum atomic E-state index is 12.7. The minimum absolute atomic E-state index is 0.249. The van der Waals surface area contributed by atoms with E-state index in [1.165, 1.54) is 0 Å². The molecule has 7 heteroatoms. The van der Waals surface area contributed by atoms with Crippen molar-refractivity contribution in [2.24, 2.45) is 5.92 Å². The first kappa shape index (κ1) is 20.5. The molecule has 0 aliphatic rings. The number of nitrogens with one attached hydrogen (secondary N) is 1. The highest BCUT2D eigenvalue weighted by atomic mass is 16.5. The van der Waals surface area contributed by atoms with Gasteiger partial charge in [0.05, 0.1) is 18.3 Å². The standard InChI is InChI=1S/C22H26N4O3/c1-5-29-22(28)18(12-14(2)3)25-21(27)16-6-8-17(9-7-16)26-15(4)24-19-13-23-11-10-20(19)26/h6-11,13-14,18H,5,12H2,1-4H3,(H,25,27)/t18-/m0/s1. The van der Waals surface area contributed by atoms with Crippen molar-refractivity contribution in [3.8, 4) is 5.69 Å². The highest BCUT2D eigenvalue weighted by Crippen LogP contribution is 2.21. The SMILES string of the molecule is CCOC(=O)[C@H](CC(C)C)NC(=O)c1ccc(-n2c(C)nc3cnccc32)cc1. The molecule has 3 aromatic rings. The number of carbonyl (C=O) groups excluding carboxylic acids is 2. The molecule has 0 saturated carbocycles. The first-order valence-electron chi connectivity index (χ1n) is 9.77. The summed E-state index contributed by atoms with van der Waals surface area (Å²) in [7, 11) is 0. The van der Waals surface area contributed by atoms with Gasteiger partial charge in [-0.25, -0.2) is 9.78 Å². The van der Waals surface area contributed by atoms with Crippen molar-refractivity contribution in [2.45, 2.75) is 40.2 Å². The summed E-state index contributed by atoms with van der Waals surface area (Å²) in [5.41, 5.74) is 3.15. The number of aryl methyl sites for hydroxylation is 1. The minimum atomic E-state index is -0.658. The molecule has 0 radical (unpaired) electrons. The lowest BCUT2D eigenvalue weighted by atomic mass is 10.0. The quantitative estimate of drug-likeness (QED) is 0.621. The number of ether oxygens (including phenoxy) is 1. The fraction of sp³-hybridized carbons (Fsp3) is 0.364. The van der Waals surface area contributed by atoms with Gasteiger partial charge in [-0.1, -0.05) is 13.8 Å². The zero-order chi connectivity index (χ0) is 21.0. The molecule has 2 heterocycles. The smallest absolute Gasteiger partial charge is 0.328 e. The van der Waals surface area contributed by atoms with Crippen LogP contribution < -0.4 is 5.32 Å². The number of imidazole rings is 1. The fourth-order valence-corrected chi connectivity index (χ4v) is 3.31.